The van der Waals surface area contributed by atoms with E-state index in [2.05, 4.69) is 4.74 Å². The zero-order chi connectivity index (χ0) is 18.1. The van der Waals surface area contributed by atoms with Crippen molar-refractivity contribution in [3.05, 3.63) is 29.8 Å². The fourth-order valence-corrected chi connectivity index (χ4v) is 1.66. The molecule has 8 nitrogen and oxygen atoms in total. The van der Waals surface area contributed by atoms with Crippen LogP contribution in [0.2, 0.25) is 0 Å². The third kappa shape index (κ3) is 6.82. The molecule has 0 aromatic heterocycles. The number of primary amides is 1. The Balaban J connectivity index is 2.64. The van der Waals surface area contributed by atoms with Crippen LogP contribution in [0.3, 0.4) is 0 Å². The number of imide groups is 1. The van der Waals surface area contributed by atoms with Crippen molar-refractivity contribution >= 4 is 24.0 Å². The Labute approximate surface area is 139 Å². The van der Waals surface area contributed by atoms with E-state index in [1.54, 1.807) is 23.5 Å². The van der Waals surface area contributed by atoms with E-state index in [1.807, 2.05) is 13.8 Å². The van der Waals surface area contributed by atoms with Gasteiger partial charge in [0.25, 0.3) is 5.91 Å². The molecule has 0 heterocycles. The molecular formula is C16H20N2O6. The first kappa shape index (κ1) is 19.0. The van der Waals surface area contributed by atoms with E-state index in [4.69, 9.17) is 15.2 Å². The smallest absolute Gasteiger partial charge is 0.331 e. The highest BCUT2D eigenvalue weighted by molar-refractivity contribution is 5.95. The van der Waals surface area contributed by atoms with Gasteiger partial charge in [0.1, 0.15) is 0 Å². The van der Waals surface area contributed by atoms with E-state index in [0.29, 0.717) is 17.1 Å². The summed E-state index contributed by atoms with van der Waals surface area (Å²) in [5.74, 6) is -0.424. The third-order valence-electron chi connectivity index (χ3n) is 2.57. The van der Waals surface area contributed by atoms with Gasteiger partial charge in [0.2, 0.25) is 0 Å². The van der Waals surface area contributed by atoms with Crippen molar-refractivity contribution in [2.24, 2.45) is 5.73 Å². The molecule has 130 valence electrons. The second kappa shape index (κ2) is 9.19. The number of benzene rings is 1. The molecule has 3 N–H and O–H groups in total. The minimum Gasteiger partial charge on any atom is -0.493 e. The topological polar surface area (TPSA) is 117 Å². The number of carbonyl (C=O) groups excluding carboxylic acids is 3. The second-order valence-electron chi connectivity index (χ2n) is 4.93. The number of hydrogen-bond acceptors (Lipinski definition) is 6. The summed E-state index contributed by atoms with van der Waals surface area (Å²) in [6, 6.07) is 4.15. The monoisotopic (exact) mass is 336 g/mol. The first-order valence-electron chi connectivity index (χ1n) is 7.10. The van der Waals surface area contributed by atoms with Crippen LogP contribution in [0.25, 0.3) is 6.08 Å². The summed E-state index contributed by atoms with van der Waals surface area (Å²) in [5, 5.41) is 1.78. The Bertz CT molecular complexity index is 639. The number of ether oxygens (including phenoxy) is 3. The zero-order valence-electron chi connectivity index (χ0n) is 13.7. The van der Waals surface area contributed by atoms with Crippen LogP contribution in [-0.2, 0) is 14.3 Å². The standard InChI is InChI=1S/C16H20N2O6/c1-10(2)24-12-6-4-11(8-13(12)22-3)5-7-15(20)23-9-14(19)18-16(17)21/h4-8,10H,9H2,1-3H3,(H3,17,18,19,21)/b7-5+. The molecule has 1 aromatic carbocycles. The van der Waals surface area contributed by atoms with Crippen LogP contribution in [0.15, 0.2) is 24.3 Å². The Morgan fingerprint density at radius 1 is 1.25 bits per heavy atom. The van der Waals surface area contributed by atoms with Crippen LogP contribution >= 0.6 is 0 Å². The number of nitrogens with one attached hydrogen (secondary N) is 1. The van der Waals surface area contributed by atoms with Crippen LogP contribution in [0.5, 0.6) is 11.5 Å². The fourth-order valence-electron chi connectivity index (χ4n) is 1.66. The number of nitrogens with two attached hydrogens (primary N) is 1. The predicted molar refractivity (Wildman–Crippen MR) is 86.5 cm³/mol. The number of methoxy groups -OCH3 is 1. The van der Waals surface area contributed by atoms with Crippen molar-refractivity contribution in [1.29, 1.82) is 0 Å². The Hall–Kier alpha value is -3.03. The molecule has 0 unspecified atom stereocenters. The number of rotatable bonds is 7. The van der Waals surface area contributed by atoms with Crippen molar-refractivity contribution in [3.8, 4) is 11.5 Å². The molecule has 0 spiro atoms. The van der Waals surface area contributed by atoms with Gasteiger partial charge in [0.05, 0.1) is 13.2 Å². The minimum absolute atomic E-state index is 0.00168. The Morgan fingerprint density at radius 2 is 1.96 bits per heavy atom. The van der Waals surface area contributed by atoms with Crippen LogP contribution in [-0.4, -0.2) is 37.7 Å². The van der Waals surface area contributed by atoms with Gasteiger partial charge in [-0.25, -0.2) is 9.59 Å². The molecule has 8 heteroatoms. The van der Waals surface area contributed by atoms with Crippen molar-refractivity contribution < 1.29 is 28.6 Å². The van der Waals surface area contributed by atoms with E-state index in [9.17, 15) is 14.4 Å². The number of carbonyl (C=O) groups is 3. The van der Waals surface area contributed by atoms with Gasteiger partial charge in [-0.05, 0) is 37.6 Å². The molecule has 0 fully saturated rings. The summed E-state index contributed by atoms with van der Waals surface area (Å²) < 4.78 is 15.5. The molecule has 0 saturated carbocycles. The lowest BCUT2D eigenvalue weighted by Crippen LogP contribution is -2.37. The summed E-state index contributed by atoms with van der Waals surface area (Å²) in [4.78, 5) is 33.0. The van der Waals surface area contributed by atoms with E-state index >= 15 is 0 Å². The first-order valence-corrected chi connectivity index (χ1v) is 7.10. The maximum atomic E-state index is 11.5. The normalized spacial score (nSPS) is 10.5. The highest BCUT2D eigenvalue weighted by Crippen LogP contribution is 2.29. The summed E-state index contributed by atoms with van der Waals surface area (Å²) in [6.45, 7) is 3.20. The second-order valence-corrected chi connectivity index (χ2v) is 4.93. The van der Waals surface area contributed by atoms with E-state index in [0.717, 1.165) is 6.08 Å². The Kier molecular flexibility index (Phi) is 7.28. The SMILES string of the molecule is COc1cc(/C=C/C(=O)OCC(=O)NC(N)=O)ccc1OC(C)C. The molecule has 1 aromatic rings. The molecule has 0 atom stereocenters. The van der Waals surface area contributed by atoms with Gasteiger partial charge >= 0.3 is 12.0 Å². The molecule has 0 aliphatic carbocycles. The molecule has 1 rings (SSSR count). The van der Waals surface area contributed by atoms with Crippen molar-refractivity contribution in [1.82, 2.24) is 5.32 Å². The molecular weight excluding hydrogens is 316 g/mol. The zero-order valence-corrected chi connectivity index (χ0v) is 13.7. The van der Waals surface area contributed by atoms with Gasteiger partial charge < -0.3 is 19.9 Å². The number of amides is 3. The van der Waals surface area contributed by atoms with E-state index in [1.165, 1.54) is 13.2 Å². The third-order valence-corrected chi connectivity index (χ3v) is 2.57. The number of urea groups is 1. The summed E-state index contributed by atoms with van der Waals surface area (Å²) in [5.41, 5.74) is 5.44. The summed E-state index contributed by atoms with van der Waals surface area (Å²) in [7, 11) is 1.52. The van der Waals surface area contributed by atoms with Gasteiger partial charge in [-0.2, -0.15) is 0 Å². The van der Waals surface area contributed by atoms with Gasteiger partial charge in [-0.1, -0.05) is 6.07 Å². The molecule has 0 aliphatic heterocycles. The van der Waals surface area contributed by atoms with Gasteiger partial charge in [0, 0.05) is 6.08 Å². The summed E-state index contributed by atoms with van der Waals surface area (Å²) >= 11 is 0. The van der Waals surface area contributed by atoms with Crippen molar-refractivity contribution in [2.75, 3.05) is 13.7 Å². The lowest BCUT2D eigenvalue weighted by molar-refractivity contribution is -0.143. The summed E-state index contributed by atoms with van der Waals surface area (Å²) in [6.07, 6.45) is 2.65. The maximum Gasteiger partial charge on any atom is 0.331 e. The van der Waals surface area contributed by atoms with Crippen LogP contribution in [0.1, 0.15) is 19.4 Å². The van der Waals surface area contributed by atoms with Crippen LogP contribution < -0.4 is 20.5 Å². The Morgan fingerprint density at radius 3 is 2.54 bits per heavy atom. The highest BCUT2D eigenvalue weighted by atomic mass is 16.5. The van der Waals surface area contributed by atoms with Gasteiger partial charge in [-0.3, -0.25) is 10.1 Å². The fraction of sp³-hybridized carbons (Fsp3) is 0.312. The average molecular weight is 336 g/mol. The quantitative estimate of drug-likeness (QED) is 0.571. The van der Waals surface area contributed by atoms with Crippen LogP contribution in [0, 0.1) is 0 Å². The molecule has 24 heavy (non-hydrogen) atoms. The lowest BCUT2D eigenvalue weighted by Gasteiger charge is -2.13. The van der Waals surface area contributed by atoms with Gasteiger partial charge in [-0.15, -0.1) is 0 Å². The molecule has 0 saturated heterocycles. The minimum atomic E-state index is -1.01. The average Bonchev–Trinajstić information content (AvgIpc) is 2.50. The molecule has 0 radical (unpaired) electrons. The highest BCUT2D eigenvalue weighted by Gasteiger charge is 2.08. The molecule has 0 aliphatic rings. The van der Waals surface area contributed by atoms with Crippen LogP contribution in [0.4, 0.5) is 4.79 Å². The maximum absolute atomic E-state index is 11.5. The predicted octanol–water partition coefficient (Wildman–Crippen LogP) is 1.23. The number of hydrogen-bond donors (Lipinski definition) is 2. The van der Waals surface area contributed by atoms with Crippen molar-refractivity contribution in [2.45, 2.75) is 20.0 Å². The van der Waals surface area contributed by atoms with Gasteiger partial charge in [0.15, 0.2) is 18.1 Å². The van der Waals surface area contributed by atoms with E-state index < -0.39 is 24.5 Å². The molecule has 0 bridgehead atoms. The number of esters is 1. The largest absolute Gasteiger partial charge is 0.493 e. The van der Waals surface area contributed by atoms with E-state index in [-0.39, 0.29) is 6.10 Å². The lowest BCUT2D eigenvalue weighted by atomic mass is 10.2. The first-order chi connectivity index (χ1) is 11.3. The van der Waals surface area contributed by atoms with Crippen molar-refractivity contribution in [3.63, 3.8) is 0 Å². The molecule has 3 amide bonds.